The quantitative estimate of drug-likeness (QED) is 0.646. The maximum absolute atomic E-state index is 11.8. The van der Waals surface area contributed by atoms with Gasteiger partial charge < -0.3 is 5.32 Å². The van der Waals surface area contributed by atoms with Crippen LogP contribution in [0.3, 0.4) is 0 Å². The van der Waals surface area contributed by atoms with Crippen molar-refractivity contribution < 1.29 is 13.7 Å². The molecule has 0 aliphatic rings. The number of nitro groups is 1. The van der Waals surface area contributed by atoms with Gasteiger partial charge in [-0.1, -0.05) is 17.7 Å². The summed E-state index contributed by atoms with van der Waals surface area (Å²) in [7, 11) is 0. The molecule has 0 atom stereocenters. The molecule has 7 heteroatoms. The molecule has 0 saturated heterocycles. The lowest BCUT2D eigenvalue weighted by Gasteiger charge is -2.04. The first kappa shape index (κ1) is 12.8. The fourth-order valence-electron chi connectivity index (χ4n) is 1.13. The van der Waals surface area contributed by atoms with Crippen molar-refractivity contribution in [1.29, 1.82) is 0 Å². The third-order valence-corrected chi connectivity index (χ3v) is 2.15. The Morgan fingerprint density at radius 3 is 2.75 bits per heavy atom. The van der Waals surface area contributed by atoms with Crippen molar-refractivity contribution in [3.05, 3.63) is 38.9 Å². The van der Waals surface area contributed by atoms with Gasteiger partial charge in [0.1, 0.15) is 5.02 Å². The van der Waals surface area contributed by atoms with Crippen molar-refractivity contribution in [2.75, 3.05) is 6.54 Å². The van der Waals surface area contributed by atoms with Crippen molar-refractivity contribution >= 4 is 17.3 Å². The zero-order valence-corrected chi connectivity index (χ0v) is 8.88. The Bertz CT molecular complexity index is 388. The minimum Gasteiger partial charge on any atom is -0.307 e. The SMILES string of the molecule is O=[N+]([O-])c1cc(CNCC(F)F)ccc1Cl. The molecule has 0 radical (unpaired) electrons. The van der Waals surface area contributed by atoms with E-state index in [0.29, 0.717) is 5.56 Å². The second-order valence-electron chi connectivity index (χ2n) is 3.06. The molecular formula is C9H9ClF2N2O2. The fraction of sp³-hybridized carbons (Fsp3) is 0.333. The van der Waals surface area contributed by atoms with Crippen LogP contribution >= 0.6 is 11.6 Å². The summed E-state index contributed by atoms with van der Waals surface area (Å²) in [5.41, 5.74) is 0.315. The number of alkyl halides is 2. The Balaban J connectivity index is 2.68. The molecule has 0 unspecified atom stereocenters. The van der Waals surface area contributed by atoms with Gasteiger partial charge in [0, 0.05) is 12.6 Å². The first-order valence-corrected chi connectivity index (χ1v) is 4.80. The predicted octanol–water partition coefficient (Wildman–Crippen LogP) is 2.60. The summed E-state index contributed by atoms with van der Waals surface area (Å²) >= 11 is 5.59. The summed E-state index contributed by atoms with van der Waals surface area (Å²) in [6.07, 6.45) is -2.44. The molecule has 1 aromatic rings. The highest BCUT2D eigenvalue weighted by Gasteiger charge is 2.12. The van der Waals surface area contributed by atoms with Gasteiger partial charge in [0.25, 0.3) is 12.1 Å². The van der Waals surface area contributed by atoms with E-state index in [0.717, 1.165) is 0 Å². The van der Waals surface area contributed by atoms with Crippen LogP contribution in [0.2, 0.25) is 5.02 Å². The molecule has 1 aromatic carbocycles. The summed E-state index contributed by atoms with van der Waals surface area (Å²) < 4.78 is 23.6. The van der Waals surface area contributed by atoms with E-state index in [9.17, 15) is 18.9 Å². The Morgan fingerprint density at radius 2 is 2.19 bits per heavy atom. The van der Waals surface area contributed by atoms with Crippen molar-refractivity contribution in [1.82, 2.24) is 5.32 Å². The Hall–Kier alpha value is -1.27. The monoisotopic (exact) mass is 250 g/mol. The van der Waals surface area contributed by atoms with E-state index >= 15 is 0 Å². The molecule has 0 aliphatic carbocycles. The number of halogens is 3. The number of hydrogen-bond donors (Lipinski definition) is 1. The van der Waals surface area contributed by atoms with E-state index in [1.54, 1.807) is 6.07 Å². The second kappa shape index (κ2) is 5.72. The molecule has 0 spiro atoms. The van der Waals surface area contributed by atoms with E-state index in [2.05, 4.69) is 5.32 Å². The van der Waals surface area contributed by atoms with Crippen LogP contribution in [0.15, 0.2) is 18.2 Å². The third-order valence-electron chi connectivity index (χ3n) is 1.84. The molecule has 0 fully saturated rings. The summed E-state index contributed by atoms with van der Waals surface area (Å²) in [4.78, 5) is 9.92. The molecule has 0 aliphatic heterocycles. The van der Waals surface area contributed by atoms with Gasteiger partial charge in [-0.2, -0.15) is 0 Å². The van der Waals surface area contributed by atoms with Gasteiger partial charge in [-0.15, -0.1) is 0 Å². The maximum atomic E-state index is 11.8. The van der Waals surface area contributed by atoms with Crippen LogP contribution in [0.25, 0.3) is 0 Å². The average Bonchev–Trinajstić information content (AvgIpc) is 2.19. The Morgan fingerprint density at radius 1 is 1.50 bits per heavy atom. The normalized spacial score (nSPS) is 10.8. The van der Waals surface area contributed by atoms with Gasteiger partial charge in [0.05, 0.1) is 11.5 Å². The van der Waals surface area contributed by atoms with Crippen LogP contribution in [-0.2, 0) is 6.54 Å². The Labute approximate surface area is 95.4 Å². The molecule has 1 rings (SSSR count). The number of benzene rings is 1. The number of hydrogen-bond acceptors (Lipinski definition) is 3. The number of nitro benzene ring substituents is 1. The van der Waals surface area contributed by atoms with Gasteiger partial charge in [0.2, 0.25) is 0 Å². The largest absolute Gasteiger partial charge is 0.307 e. The number of rotatable bonds is 5. The van der Waals surface area contributed by atoms with E-state index in [1.165, 1.54) is 12.1 Å². The standard InChI is InChI=1S/C9H9ClF2N2O2/c10-7-2-1-6(3-8(7)14(15)16)4-13-5-9(11)12/h1-3,9,13H,4-5H2. The Kier molecular flexibility index (Phi) is 4.57. The van der Waals surface area contributed by atoms with Gasteiger partial charge in [0.15, 0.2) is 0 Å². The zero-order valence-electron chi connectivity index (χ0n) is 8.12. The van der Waals surface area contributed by atoms with Crippen molar-refractivity contribution in [3.8, 4) is 0 Å². The van der Waals surface area contributed by atoms with Crippen LogP contribution < -0.4 is 5.32 Å². The highest BCUT2D eigenvalue weighted by Crippen LogP contribution is 2.24. The van der Waals surface area contributed by atoms with Crippen LogP contribution in [0, 0.1) is 10.1 Å². The minimum atomic E-state index is -2.44. The highest BCUT2D eigenvalue weighted by molar-refractivity contribution is 6.32. The molecule has 0 heterocycles. The van der Waals surface area contributed by atoms with E-state index in [-0.39, 0.29) is 17.3 Å². The molecule has 4 nitrogen and oxygen atoms in total. The summed E-state index contributed by atoms with van der Waals surface area (Å²) in [5.74, 6) is 0. The van der Waals surface area contributed by atoms with Crippen LogP contribution in [0.5, 0.6) is 0 Å². The van der Waals surface area contributed by atoms with Crippen LogP contribution in [0.4, 0.5) is 14.5 Å². The summed E-state index contributed by atoms with van der Waals surface area (Å²) in [6, 6.07) is 4.19. The van der Waals surface area contributed by atoms with E-state index < -0.39 is 17.9 Å². The fourth-order valence-corrected chi connectivity index (χ4v) is 1.32. The van der Waals surface area contributed by atoms with Crippen molar-refractivity contribution in [3.63, 3.8) is 0 Å². The topological polar surface area (TPSA) is 55.2 Å². The zero-order chi connectivity index (χ0) is 12.1. The minimum absolute atomic E-state index is 0.0302. The lowest BCUT2D eigenvalue weighted by molar-refractivity contribution is -0.384. The second-order valence-corrected chi connectivity index (χ2v) is 3.47. The molecule has 0 amide bonds. The summed E-state index contributed by atoms with van der Waals surface area (Å²) in [5, 5.41) is 13.0. The van der Waals surface area contributed by atoms with Crippen LogP contribution in [0.1, 0.15) is 5.56 Å². The van der Waals surface area contributed by atoms with Gasteiger partial charge in [-0.05, 0) is 11.6 Å². The molecule has 0 aromatic heterocycles. The maximum Gasteiger partial charge on any atom is 0.288 e. The smallest absolute Gasteiger partial charge is 0.288 e. The van der Waals surface area contributed by atoms with Crippen LogP contribution in [-0.4, -0.2) is 17.9 Å². The predicted molar refractivity (Wildman–Crippen MR) is 55.8 cm³/mol. The lowest BCUT2D eigenvalue weighted by atomic mass is 10.2. The lowest BCUT2D eigenvalue weighted by Crippen LogP contribution is -2.20. The number of nitrogens with zero attached hydrogens (tertiary/aromatic N) is 1. The van der Waals surface area contributed by atoms with Gasteiger partial charge in [-0.3, -0.25) is 10.1 Å². The number of nitrogens with one attached hydrogen (secondary N) is 1. The summed E-state index contributed by atoms with van der Waals surface area (Å²) in [6.45, 7) is -0.307. The van der Waals surface area contributed by atoms with E-state index in [4.69, 9.17) is 11.6 Å². The molecule has 16 heavy (non-hydrogen) atoms. The van der Waals surface area contributed by atoms with Crippen molar-refractivity contribution in [2.24, 2.45) is 0 Å². The van der Waals surface area contributed by atoms with Gasteiger partial charge >= 0.3 is 0 Å². The third kappa shape index (κ3) is 3.71. The highest BCUT2D eigenvalue weighted by atomic mass is 35.5. The molecule has 0 bridgehead atoms. The first-order chi connectivity index (χ1) is 7.50. The molecular weight excluding hydrogens is 242 g/mol. The average molecular weight is 251 g/mol. The molecule has 0 saturated carbocycles. The molecule has 1 N–H and O–H groups in total. The molecule has 88 valence electrons. The van der Waals surface area contributed by atoms with Crippen molar-refractivity contribution in [2.45, 2.75) is 13.0 Å². The van der Waals surface area contributed by atoms with E-state index in [1.807, 2.05) is 0 Å². The first-order valence-electron chi connectivity index (χ1n) is 4.42. The van der Waals surface area contributed by atoms with Gasteiger partial charge in [-0.25, -0.2) is 8.78 Å².